The van der Waals surface area contributed by atoms with Crippen LogP contribution in [0.25, 0.3) is 11.1 Å². The molecule has 2 unspecified atom stereocenters. The minimum atomic E-state index is -0.252. The number of hydrogen-bond donors (Lipinski definition) is 0. The summed E-state index contributed by atoms with van der Waals surface area (Å²) >= 11 is 0. The Labute approximate surface area is 188 Å². The van der Waals surface area contributed by atoms with Crippen LogP contribution < -0.4 is 0 Å². The van der Waals surface area contributed by atoms with E-state index in [0.717, 1.165) is 35.1 Å². The first-order valence-corrected chi connectivity index (χ1v) is 11.4. The molecule has 1 amide bonds. The van der Waals surface area contributed by atoms with Crippen molar-refractivity contribution >= 4 is 11.9 Å². The van der Waals surface area contributed by atoms with Gasteiger partial charge in [0.05, 0.1) is 0 Å². The Morgan fingerprint density at radius 1 is 0.781 bits per heavy atom. The van der Waals surface area contributed by atoms with E-state index in [0.29, 0.717) is 12.8 Å². The number of piperidine rings is 1. The lowest BCUT2D eigenvalue weighted by molar-refractivity contribution is 0.0485. The van der Waals surface area contributed by atoms with Gasteiger partial charge in [-0.15, -0.1) is 0 Å². The van der Waals surface area contributed by atoms with Crippen molar-refractivity contribution in [2.45, 2.75) is 44.4 Å². The van der Waals surface area contributed by atoms with Gasteiger partial charge in [-0.05, 0) is 48.4 Å². The summed E-state index contributed by atoms with van der Waals surface area (Å²) in [5.41, 5.74) is 3.91. The van der Waals surface area contributed by atoms with Crippen LogP contribution in [0, 0.1) is 5.92 Å². The minimum absolute atomic E-state index is 0.0447. The second kappa shape index (κ2) is 8.99. The lowest BCUT2D eigenvalue weighted by atomic mass is 9.84. The quantitative estimate of drug-likeness (QED) is 0.463. The molecule has 162 valence electrons. The highest BCUT2D eigenvalue weighted by Gasteiger charge is 2.45. The molecule has 2 atom stereocenters. The normalized spacial score (nSPS) is 21.9. The maximum atomic E-state index is 13.4. The summed E-state index contributed by atoms with van der Waals surface area (Å²) < 4.78 is 5.60. The van der Waals surface area contributed by atoms with Crippen LogP contribution in [-0.2, 0) is 11.3 Å². The Balaban J connectivity index is 1.25. The lowest BCUT2D eigenvalue weighted by Gasteiger charge is -2.37. The summed E-state index contributed by atoms with van der Waals surface area (Å²) in [4.78, 5) is 28.0. The molecule has 0 radical (unpaired) electrons. The van der Waals surface area contributed by atoms with E-state index < -0.39 is 0 Å². The molecule has 3 aromatic carbocycles. The van der Waals surface area contributed by atoms with Gasteiger partial charge in [0, 0.05) is 23.6 Å². The highest BCUT2D eigenvalue weighted by molar-refractivity contribution is 5.99. The first-order valence-electron chi connectivity index (χ1n) is 11.4. The van der Waals surface area contributed by atoms with Crippen LogP contribution in [0.4, 0.5) is 4.79 Å². The number of carbonyl (C=O) groups is 2. The van der Waals surface area contributed by atoms with Gasteiger partial charge < -0.3 is 9.64 Å². The number of ether oxygens (including phenoxy) is 1. The lowest BCUT2D eigenvalue weighted by Crippen LogP contribution is -2.48. The van der Waals surface area contributed by atoms with Crippen molar-refractivity contribution in [2.24, 2.45) is 5.92 Å². The highest BCUT2D eigenvalue weighted by Crippen LogP contribution is 2.40. The molecule has 2 aliphatic heterocycles. The van der Waals surface area contributed by atoms with Gasteiger partial charge in [0.1, 0.15) is 6.61 Å². The summed E-state index contributed by atoms with van der Waals surface area (Å²) in [5, 5.41) is 0. The minimum Gasteiger partial charge on any atom is -0.445 e. The smallest absolute Gasteiger partial charge is 0.410 e. The van der Waals surface area contributed by atoms with Crippen LogP contribution >= 0.6 is 0 Å². The fourth-order valence-corrected chi connectivity index (χ4v) is 5.20. The van der Waals surface area contributed by atoms with Crippen molar-refractivity contribution in [1.29, 1.82) is 0 Å². The van der Waals surface area contributed by atoms with Crippen molar-refractivity contribution < 1.29 is 14.3 Å². The Kier molecular flexibility index (Phi) is 5.76. The molecule has 0 N–H and O–H groups in total. The zero-order valence-corrected chi connectivity index (χ0v) is 18.0. The van der Waals surface area contributed by atoms with Gasteiger partial charge >= 0.3 is 6.09 Å². The molecular formula is C28H27NO3. The molecule has 0 aromatic heterocycles. The molecule has 32 heavy (non-hydrogen) atoms. The number of amides is 1. The predicted octanol–water partition coefficient (Wildman–Crippen LogP) is 6.12. The van der Waals surface area contributed by atoms with Crippen molar-refractivity contribution in [3.8, 4) is 11.1 Å². The molecule has 5 rings (SSSR count). The fraction of sp³-hybridized carbons (Fsp3) is 0.286. The number of hydrogen-bond acceptors (Lipinski definition) is 3. The fourth-order valence-electron chi connectivity index (χ4n) is 5.20. The van der Waals surface area contributed by atoms with Crippen LogP contribution in [0.2, 0.25) is 0 Å². The number of carbonyl (C=O) groups excluding carboxylic acids is 2. The molecule has 4 heteroatoms. The highest BCUT2D eigenvalue weighted by atomic mass is 16.6. The number of rotatable bonds is 5. The van der Waals surface area contributed by atoms with Crippen LogP contribution in [0.3, 0.4) is 0 Å². The SMILES string of the molecule is O=C(c1cccc(-c2ccccc2)c1)C1CC2CCC(C1)N2C(=O)OCc1ccccc1. The van der Waals surface area contributed by atoms with E-state index >= 15 is 0 Å². The number of benzene rings is 3. The first kappa shape index (κ1) is 20.5. The summed E-state index contributed by atoms with van der Waals surface area (Å²) in [6, 6.07) is 28.0. The first-order chi connectivity index (χ1) is 15.7. The number of Topliss-reactive ketones (excluding diaryl/α,β-unsaturated/α-hetero) is 1. The molecule has 0 aliphatic carbocycles. The molecule has 2 fully saturated rings. The second-order valence-corrected chi connectivity index (χ2v) is 8.81. The maximum absolute atomic E-state index is 13.4. The Morgan fingerprint density at radius 3 is 2.09 bits per heavy atom. The van der Waals surface area contributed by atoms with Crippen molar-refractivity contribution in [3.63, 3.8) is 0 Å². The third-order valence-electron chi connectivity index (χ3n) is 6.77. The third kappa shape index (κ3) is 4.18. The van der Waals surface area contributed by atoms with E-state index in [-0.39, 0.29) is 36.5 Å². The van der Waals surface area contributed by atoms with Crippen LogP contribution in [0.1, 0.15) is 41.6 Å². The van der Waals surface area contributed by atoms with Gasteiger partial charge in [0.2, 0.25) is 0 Å². The molecule has 2 saturated heterocycles. The van der Waals surface area contributed by atoms with E-state index in [9.17, 15) is 9.59 Å². The molecule has 3 aromatic rings. The molecule has 2 aliphatic rings. The van der Waals surface area contributed by atoms with Gasteiger partial charge in [0.25, 0.3) is 0 Å². The topological polar surface area (TPSA) is 46.6 Å². The van der Waals surface area contributed by atoms with Gasteiger partial charge in [-0.1, -0.05) is 78.9 Å². The monoisotopic (exact) mass is 425 g/mol. The number of fused-ring (bicyclic) bond motifs is 2. The Bertz CT molecular complexity index is 1080. The molecule has 0 spiro atoms. The Morgan fingerprint density at radius 2 is 1.41 bits per heavy atom. The standard InChI is InChI=1S/C28H27NO3/c30-27(23-13-7-12-22(16-23)21-10-5-2-6-11-21)24-17-25-14-15-26(18-24)29(25)28(31)32-19-20-8-3-1-4-9-20/h1-13,16,24-26H,14-15,17-19H2. The summed E-state index contributed by atoms with van der Waals surface area (Å²) in [6.07, 6.45) is 3.06. The number of nitrogens with zero attached hydrogens (tertiary/aromatic N) is 1. The van der Waals surface area contributed by atoms with E-state index in [1.54, 1.807) is 0 Å². The van der Waals surface area contributed by atoms with Gasteiger partial charge in [-0.3, -0.25) is 4.79 Å². The van der Waals surface area contributed by atoms with Crippen LogP contribution in [0.15, 0.2) is 84.9 Å². The average molecular weight is 426 g/mol. The summed E-state index contributed by atoms with van der Waals surface area (Å²) in [6.45, 7) is 0.282. The molecule has 2 bridgehead atoms. The van der Waals surface area contributed by atoms with E-state index in [4.69, 9.17) is 4.74 Å². The van der Waals surface area contributed by atoms with Crippen molar-refractivity contribution in [1.82, 2.24) is 4.90 Å². The van der Waals surface area contributed by atoms with E-state index in [1.165, 1.54) is 0 Å². The summed E-state index contributed by atoms with van der Waals surface area (Å²) in [5.74, 6) is 0.147. The largest absolute Gasteiger partial charge is 0.445 e. The number of ketones is 1. The predicted molar refractivity (Wildman–Crippen MR) is 124 cm³/mol. The van der Waals surface area contributed by atoms with Crippen LogP contribution in [0.5, 0.6) is 0 Å². The zero-order valence-electron chi connectivity index (χ0n) is 18.0. The van der Waals surface area contributed by atoms with Gasteiger partial charge in [-0.25, -0.2) is 4.79 Å². The van der Waals surface area contributed by atoms with Gasteiger partial charge in [-0.2, -0.15) is 0 Å². The van der Waals surface area contributed by atoms with Gasteiger partial charge in [0.15, 0.2) is 5.78 Å². The third-order valence-corrected chi connectivity index (χ3v) is 6.77. The zero-order chi connectivity index (χ0) is 21.9. The van der Waals surface area contributed by atoms with E-state index in [1.807, 2.05) is 77.7 Å². The van der Waals surface area contributed by atoms with Crippen LogP contribution in [-0.4, -0.2) is 28.9 Å². The molecule has 4 nitrogen and oxygen atoms in total. The average Bonchev–Trinajstić information content (AvgIpc) is 3.12. The molecular weight excluding hydrogens is 398 g/mol. The molecule has 0 saturated carbocycles. The second-order valence-electron chi connectivity index (χ2n) is 8.81. The molecule has 2 heterocycles. The summed E-state index contributed by atoms with van der Waals surface area (Å²) in [7, 11) is 0. The Hall–Kier alpha value is -3.40. The van der Waals surface area contributed by atoms with Crippen molar-refractivity contribution in [3.05, 3.63) is 96.1 Å². The maximum Gasteiger partial charge on any atom is 0.410 e. The van der Waals surface area contributed by atoms with Crippen molar-refractivity contribution in [2.75, 3.05) is 0 Å². The van der Waals surface area contributed by atoms with E-state index in [2.05, 4.69) is 12.1 Å².